The predicted octanol–water partition coefficient (Wildman–Crippen LogP) is 3.49. The van der Waals surface area contributed by atoms with Gasteiger partial charge in [0, 0.05) is 50.2 Å². The second kappa shape index (κ2) is 18.0. The fourth-order valence-corrected chi connectivity index (χ4v) is 7.36. The summed E-state index contributed by atoms with van der Waals surface area (Å²) in [6, 6.07) is 22.2. The summed E-state index contributed by atoms with van der Waals surface area (Å²) in [5.41, 5.74) is 3.94. The number of alkyl halides is 3. The Morgan fingerprint density at radius 1 is 0.983 bits per heavy atom. The fraction of sp³-hybridized carbons (Fsp3) is 0.436. The van der Waals surface area contributed by atoms with Crippen LogP contribution >= 0.6 is 0 Å². The minimum absolute atomic E-state index is 0.0118. The Labute approximate surface area is 336 Å². The first-order valence-corrected chi connectivity index (χ1v) is 19.3. The van der Waals surface area contributed by atoms with E-state index in [0.717, 1.165) is 42.8 Å². The van der Waals surface area contributed by atoms with Gasteiger partial charge in [0.2, 0.25) is 5.95 Å². The number of hydrogen-bond donors (Lipinski definition) is 7. The van der Waals surface area contributed by atoms with E-state index < -0.39 is 36.7 Å². The molecular weight excluding hydrogens is 777 g/mol. The van der Waals surface area contributed by atoms with Crippen molar-refractivity contribution in [1.29, 1.82) is 0 Å². The number of anilines is 2. The van der Waals surface area contributed by atoms with E-state index in [9.17, 15) is 28.2 Å². The maximum absolute atomic E-state index is 12.8. The Balaban J connectivity index is 0.000000694. The standard InChI is InChI=1S/C37H44N10O5.C2HF3O2/c1-2-24-17-28(52-45-24)32-30(48)31(49)35(51-32)47-21-40-29-33(39-19-27(22-9-5-3-6-10-22)23-11-7-4-8-12-23)43-36(44-34(29)47)46-16-14-26(20-46)42-37(50)41-25-13-15-38-18-25;3-2(4,5)1(6)7/h3-12,17,21,25-27,30-32,35,38,48-49H,2,13-16,18-20H2,1H3,(H,39,43,44)(H2,41,42,50);(H,6,7)/t25-,26-,30+,31-,32-,35-;/m1./s1. The Bertz CT molecular complexity index is 2150. The Hall–Kier alpha value is -5.83. The van der Waals surface area contributed by atoms with Crippen molar-refractivity contribution in [1.82, 2.24) is 40.6 Å². The van der Waals surface area contributed by atoms with Gasteiger partial charge in [0.25, 0.3) is 0 Å². The molecule has 0 spiro atoms. The van der Waals surface area contributed by atoms with Crippen molar-refractivity contribution in [3.05, 3.63) is 95.6 Å². The Kier molecular flexibility index (Phi) is 12.6. The zero-order chi connectivity index (χ0) is 41.7. The molecular formula is C39H45F3N10O7. The summed E-state index contributed by atoms with van der Waals surface area (Å²) >= 11 is 0. The predicted molar refractivity (Wildman–Crippen MR) is 207 cm³/mol. The highest BCUT2D eigenvalue weighted by Crippen LogP contribution is 2.41. The van der Waals surface area contributed by atoms with Gasteiger partial charge in [-0.15, -0.1) is 0 Å². The molecule has 20 heteroatoms. The van der Waals surface area contributed by atoms with Crippen LogP contribution in [0.25, 0.3) is 11.2 Å². The lowest BCUT2D eigenvalue weighted by atomic mass is 9.91. The molecule has 8 rings (SSSR count). The van der Waals surface area contributed by atoms with Crippen molar-refractivity contribution in [2.75, 3.05) is 42.9 Å². The number of amides is 2. The zero-order valence-electron chi connectivity index (χ0n) is 31.9. The normalized spacial score (nSPS) is 23.0. The minimum atomic E-state index is -5.08. The van der Waals surface area contributed by atoms with Crippen molar-refractivity contribution in [2.24, 2.45) is 0 Å². The van der Waals surface area contributed by atoms with E-state index in [2.05, 4.69) is 50.7 Å². The number of rotatable bonds is 11. The van der Waals surface area contributed by atoms with Crippen molar-refractivity contribution in [2.45, 2.75) is 74.9 Å². The molecule has 0 aliphatic carbocycles. The summed E-state index contributed by atoms with van der Waals surface area (Å²) in [4.78, 5) is 38.4. The van der Waals surface area contributed by atoms with E-state index in [0.29, 0.717) is 54.7 Å². The largest absolute Gasteiger partial charge is 0.490 e. The number of nitrogens with zero attached hydrogens (tertiary/aromatic N) is 6. The lowest BCUT2D eigenvalue weighted by molar-refractivity contribution is -0.192. The molecule has 17 nitrogen and oxygen atoms in total. The highest BCUT2D eigenvalue weighted by Gasteiger charge is 2.47. The van der Waals surface area contributed by atoms with E-state index in [1.807, 2.05) is 48.2 Å². The van der Waals surface area contributed by atoms with Crippen molar-refractivity contribution < 1.29 is 47.3 Å². The molecule has 0 saturated carbocycles. The number of aromatic nitrogens is 5. The second-order valence-corrected chi connectivity index (χ2v) is 14.5. The number of fused-ring (bicyclic) bond motifs is 1. The number of carboxylic acids is 1. The number of ether oxygens (including phenoxy) is 1. The molecule has 0 bridgehead atoms. The topological polar surface area (TPSA) is 225 Å². The summed E-state index contributed by atoms with van der Waals surface area (Å²) < 4.78 is 45.1. The number of aliphatic carboxylic acids is 1. The van der Waals surface area contributed by atoms with E-state index in [-0.39, 0.29) is 24.0 Å². The lowest BCUT2D eigenvalue weighted by Crippen LogP contribution is -2.47. The number of hydrogen-bond acceptors (Lipinski definition) is 13. The summed E-state index contributed by atoms with van der Waals surface area (Å²) in [6.45, 7) is 5.28. The van der Waals surface area contributed by atoms with Gasteiger partial charge in [-0.2, -0.15) is 23.1 Å². The molecule has 6 atom stereocenters. The number of imidazole rings is 1. The molecule has 59 heavy (non-hydrogen) atoms. The van der Waals surface area contributed by atoms with Gasteiger partial charge in [0.05, 0.1) is 12.0 Å². The van der Waals surface area contributed by atoms with Crippen LogP contribution in [0.4, 0.5) is 29.7 Å². The van der Waals surface area contributed by atoms with E-state index in [4.69, 9.17) is 34.1 Å². The quantitative estimate of drug-likeness (QED) is 0.101. The molecule has 6 heterocycles. The number of carbonyl (C=O) groups is 2. The number of aryl methyl sites for hydroxylation is 1. The van der Waals surface area contributed by atoms with Crippen molar-refractivity contribution in [3.8, 4) is 0 Å². The van der Waals surface area contributed by atoms with E-state index in [1.165, 1.54) is 0 Å². The Morgan fingerprint density at radius 2 is 1.66 bits per heavy atom. The summed E-state index contributed by atoms with van der Waals surface area (Å²) in [7, 11) is 0. The number of carbonyl (C=O) groups excluding carboxylic acids is 1. The fourth-order valence-electron chi connectivity index (χ4n) is 7.36. The number of benzene rings is 2. The van der Waals surface area contributed by atoms with Crippen LogP contribution in [0.5, 0.6) is 0 Å². The zero-order valence-corrected chi connectivity index (χ0v) is 31.9. The molecule has 3 aliphatic rings. The van der Waals surface area contributed by atoms with Gasteiger partial charge in [-0.05, 0) is 36.9 Å². The van der Waals surface area contributed by atoms with Crippen molar-refractivity contribution >= 4 is 34.9 Å². The minimum Gasteiger partial charge on any atom is -0.475 e. The monoisotopic (exact) mass is 822 g/mol. The molecule has 0 unspecified atom stereocenters. The van der Waals surface area contributed by atoms with E-state index in [1.54, 1.807) is 17.0 Å². The molecule has 3 fully saturated rings. The first-order chi connectivity index (χ1) is 28.4. The van der Waals surface area contributed by atoms with E-state index >= 15 is 0 Å². The van der Waals surface area contributed by atoms with Gasteiger partial charge in [-0.3, -0.25) is 4.57 Å². The molecule has 7 N–H and O–H groups in total. The van der Waals surface area contributed by atoms with Crippen LogP contribution in [-0.4, -0.2) is 115 Å². The number of nitrogens with one attached hydrogen (secondary N) is 4. The number of urea groups is 1. The third kappa shape index (κ3) is 9.56. The maximum Gasteiger partial charge on any atom is 0.490 e. The number of aliphatic hydroxyl groups is 2. The smallest absolute Gasteiger partial charge is 0.475 e. The highest BCUT2D eigenvalue weighted by molar-refractivity contribution is 5.84. The first-order valence-electron chi connectivity index (χ1n) is 19.3. The van der Waals surface area contributed by atoms with Crippen LogP contribution in [0.15, 0.2) is 77.6 Å². The van der Waals surface area contributed by atoms with Crippen LogP contribution in [0.3, 0.4) is 0 Å². The average molecular weight is 823 g/mol. The van der Waals surface area contributed by atoms with Crippen LogP contribution in [0.1, 0.15) is 60.6 Å². The van der Waals surface area contributed by atoms with Crippen LogP contribution in [0.2, 0.25) is 0 Å². The summed E-state index contributed by atoms with van der Waals surface area (Å²) in [5.74, 6) is -1.44. The summed E-state index contributed by atoms with van der Waals surface area (Å²) in [6.07, 6.45) is -5.76. The van der Waals surface area contributed by atoms with Crippen LogP contribution in [-0.2, 0) is 16.0 Å². The SMILES string of the molecule is CCc1cc([C@H]2O[C@@H](n3cnc4c(NCC(c5ccccc5)c5ccccc5)nc(N5CC[C@@H](NC(=O)N[C@@H]6CCNC6)C5)nc43)[C@H](O)[C@@H]2O)on1.O=C(O)C(F)(F)F. The summed E-state index contributed by atoms with van der Waals surface area (Å²) in [5, 5.41) is 46.5. The van der Waals surface area contributed by atoms with Gasteiger partial charge in [-0.25, -0.2) is 14.6 Å². The average Bonchev–Trinajstić information content (AvgIpc) is 4.09. The third-order valence-electron chi connectivity index (χ3n) is 10.5. The van der Waals surface area contributed by atoms with Gasteiger partial charge < -0.3 is 50.7 Å². The third-order valence-corrected chi connectivity index (χ3v) is 10.5. The lowest BCUT2D eigenvalue weighted by Gasteiger charge is -2.22. The maximum atomic E-state index is 12.8. The molecule has 314 valence electrons. The van der Waals surface area contributed by atoms with Gasteiger partial charge in [-0.1, -0.05) is 72.7 Å². The molecule has 5 aromatic rings. The Morgan fingerprint density at radius 3 is 2.27 bits per heavy atom. The molecule has 2 amide bonds. The van der Waals surface area contributed by atoms with Gasteiger partial charge in [0.1, 0.15) is 18.3 Å². The van der Waals surface area contributed by atoms with Crippen LogP contribution in [0, 0.1) is 0 Å². The van der Waals surface area contributed by atoms with Gasteiger partial charge in [0.15, 0.2) is 29.0 Å². The molecule has 3 saturated heterocycles. The number of carboxylic acid groups (broad SMARTS) is 1. The number of aliphatic hydroxyl groups excluding tert-OH is 2. The molecule has 0 radical (unpaired) electrons. The second-order valence-electron chi connectivity index (χ2n) is 14.5. The highest BCUT2D eigenvalue weighted by atomic mass is 19.4. The molecule has 3 aromatic heterocycles. The van der Waals surface area contributed by atoms with Gasteiger partial charge >= 0.3 is 18.2 Å². The van der Waals surface area contributed by atoms with Crippen LogP contribution < -0.4 is 26.2 Å². The molecule has 2 aromatic carbocycles. The molecule has 3 aliphatic heterocycles. The number of halogens is 3. The van der Waals surface area contributed by atoms with Crippen molar-refractivity contribution in [3.63, 3.8) is 0 Å². The first kappa shape index (κ1) is 41.3.